The third-order valence-electron chi connectivity index (χ3n) is 9.78. The summed E-state index contributed by atoms with van der Waals surface area (Å²) in [4.78, 5) is 13.8. The van der Waals surface area contributed by atoms with Crippen molar-refractivity contribution < 1.29 is 23.4 Å². The molecule has 0 aromatic heterocycles. The van der Waals surface area contributed by atoms with Crippen molar-refractivity contribution in [2.45, 2.75) is 108 Å². The Morgan fingerprint density at radius 1 is 0.730 bits per heavy atom. The van der Waals surface area contributed by atoms with Crippen LogP contribution in [-0.2, 0) is 25.0 Å². The van der Waals surface area contributed by atoms with Crippen LogP contribution in [0.15, 0.2) is 54.6 Å². The molecule has 196 valence electrons. The van der Waals surface area contributed by atoms with Gasteiger partial charge in [-0.1, -0.05) is 54.6 Å². The van der Waals surface area contributed by atoms with Gasteiger partial charge >= 0.3 is 14.2 Å². The zero-order chi connectivity index (χ0) is 26.9. The Morgan fingerprint density at radius 3 is 1.70 bits per heavy atom. The van der Waals surface area contributed by atoms with Crippen LogP contribution in [0.5, 0.6) is 0 Å². The van der Waals surface area contributed by atoms with Crippen molar-refractivity contribution in [3.8, 4) is 0 Å². The summed E-state index contributed by atoms with van der Waals surface area (Å²) < 4.78 is 27.2. The molecule has 37 heavy (non-hydrogen) atoms. The van der Waals surface area contributed by atoms with Gasteiger partial charge in [0.05, 0.1) is 22.4 Å². The third kappa shape index (κ3) is 4.23. The summed E-state index contributed by atoms with van der Waals surface area (Å²) in [5, 5.41) is -0.727. The first-order valence-corrected chi connectivity index (χ1v) is 13.6. The molecule has 0 spiro atoms. The highest BCUT2D eigenvalue weighted by atomic mass is 16.7. The highest BCUT2D eigenvalue weighted by Crippen LogP contribution is 2.63. The number of hydrogen-bond donors (Lipinski definition) is 0. The van der Waals surface area contributed by atoms with Crippen LogP contribution in [0, 0.1) is 0 Å². The van der Waals surface area contributed by atoms with Crippen LogP contribution in [0.1, 0.15) is 95.6 Å². The van der Waals surface area contributed by atoms with Crippen LogP contribution in [0.4, 0.5) is 0 Å². The van der Waals surface area contributed by atoms with Crippen molar-refractivity contribution >= 4 is 20.0 Å². The second-order valence-corrected chi connectivity index (χ2v) is 13.0. The summed E-state index contributed by atoms with van der Waals surface area (Å²) in [6.07, 6.45) is 1.87. The molecule has 2 heterocycles. The van der Waals surface area contributed by atoms with Gasteiger partial charge in [-0.05, 0) is 85.3 Å². The number of hydrogen-bond acceptors (Lipinski definition) is 5. The number of benzene rings is 2. The summed E-state index contributed by atoms with van der Waals surface area (Å²) >= 11 is 0. The lowest BCUT2D eigenvalue weighted by Crippen LogP contribution is -2.54. The molecule has 2 fully saturated rings. The van der Waals surface area contributed by atoms with E-state index in [0.717, 1.165) is 18.4 Å². The summed E-state index contributed by atoms with van der Waals surface area (Å²) in [7, 11) is -1.21. The van der Waals surface area contributed by atoms with Gasteiger partial charge in [-0.3, -0.25) is 4.79 Å². The molecule has 0 radical (unpaired) electrons. The van der Waals surface area contributed by atoms with E-state index < -0.39 is 41.9 Å². The average Bonchev–Trinajstić information content (AvgIpc) is 3.19. The summed E-state index contributed by atoms with van der Waals surface area (Å²) in [5.74, 6) is -0.116. The monoisotopic (exact) mass is 502 g/mol. The molecule has 1 unspecified atom stereocenters. The number of rotatable bonds is 5. The number of carbonyl (C=O) groups is 1. The van der Waals surface area contributed by atoms with Gasteiger partial charge in [-0.15, -0.1) is 0 Å². The lowest BCUT2D eigenvalue weighted by atomic mass is 9.30. The Balaban J connectivity index is 1.67. The van der Waals surface area contributed by atoms with E-state index >= 15 is 0 Å². The van der Waals surface area contributed by atoms with Gasteiger partial charge in [0.25, 0.3) is 0 Å². The van der Waals surface area contributed by atoms with Gasteiger partial charge in [-0.25, -0.2) is 0 Å². The van der Waals surface area contributed by atoms with E-state index in [-0.39, 0.29) is 11.7 Å². The van der Waals surface area contributed by atoms with E-state index in [2.05, 4.69) is 79.7 Å². The molecule has 2 saturated heterocycles. The summed E-state index contributed by atoms with van der Waals surface area (Å²) in [5.41, 5.74) is 1.01. The smallest absolute Gasteiger partial charge is 0.403 e. The average molecular weight is 502 g/mol. The first-order chi connectivity index (χ1) is 17.2. The second-order valence-electron chi connectivity index (χ2n) is 13.0. The van der Waals surface area contributed by atoms with Crippen LogP contribution in [0.2, 0.25) is 5.21 Å². The number of Topliss-reactive ketones (excluding diaryl/α,β-unsaturated/α-hetero) is 1. The van der Waals surface area contributed by atoms with Crippen LogP contribution < -0.4 is 0 Å². The topological polar surface area (TPSA) is 54.0 Å². The quantitative estimate of drug-likeness (QED) is 0.348. The van der Waals surface area contributed by atoms with E-state index in [9.17, 15) is 4.79 Å². The largest absolute Gasteiger partial charge is 0.462 e. The molecular formula is C30H40B2O5. The minimum Gasteiger partial charge on any atom is -0.403 e. The van der Waals surface area contributed by atoms with Gasteiger partial charge in [0, 0.05) is 17.2 Å². The normalized spacial score (nSPS) is 26.6. The Bertz CT molecular complexity index is 1110. The maximum absolute atomic E-state index is 13.8. The van der Waals surface area contributed by atoms with E-state index in [1.165, 1.54) is 5.56 Å². The third-order valence-corrected chi connectivity index (χ3v) is 9.78. The Hall–Kier alpha value is -1.92. The highest BCUT2D eigenvalue weighted by molar-refractivity contribution is 6.72. The van der Waals surface area contributed by atoms with Crippen LogP contribution in [0.3, 0.4) is 0 Å². The SMILES string of the molecule is CC1(C)OB(C2(B3OC(C)(C)C(C)(C)O3)CCc3ccccc3C2CC(=O)c2ccccc2)OC1(C)C. The van der Waals surface area contributed by atoms with Crippen LogP contribution in [-0.4, -0.2) is 42.4 Å². The minimum atomic E-state index is -0.727. The van der Waals surface area contributed by atoms with E-state index in [1.54, 1.807) is 0 Å². The summed E-state index contributed by atoms with van der Waals surface area (Å²) in [6, 6.07) is 18.0. The fourth-order valence-corrected chi connectivity index (χ4v) is 5.94. The molecular weight excluding hydrogens is 462 g/mol. The molecule has 2 aromatic rings. The van der Waals surface area contributed by atoms with Crippen molar-refractivity contribution in [3.63, 3.8) is 0 Å². The molecule has 3 aliphatic rings. The molecule has 0 amide bonds. The summed E-state index contributed by atoms with van der Waals surface area (Å²) in [6.45, 7) is 16.6. The molecule has 5 nitrogen and oxygen atoms in total. The first-order valence-electron chi connectivity index (χ1n) is 13.6. The molecule has 5 rings (SSSR count). The number of carbonyl (C=O) groups excluding carboxylic acids is 1. The fraction of sp³-hybridized carbons (Fsp3) is 0.567. The van der Waals surface area contributed by atoms with Gasteiger partial charge in [0.2, 0.25) is 0 Å². The number of fused-ring (bicyclic) bond motifs is 1. The molecule has 0 N–H and O–H groups in total. The Labute approximate surface area is 222 Å². The van der Waals surface area contributed by atoms with Crippen molar-refractivity contribution in [1.82, 2.24) is 0 Å². The van der Waals surface area contributed by atoms with Crippen LogP contribution in [0.25, 0.3) is 0 Å². The van der Waals surface area contributed by atoms with E-state index in [4.69, 9.17) is 18.6 Å². The minimum absolute atomic E-state index is 0.0970. The second kappa shape index (κ2) is 8.81. The van der Waals surface area contributed by atoms with Crippen LogP contribution >= 0.6 is 0 Å². The van der Waals surface area contributed by atoms with E-state index in [1.807, 2.05) is 30.3 Å². The molecule has 2 aliphatic heterocycles. The molecule has 0 bridgehead atoms. The van der Waals surface area contributed by atoms with Gasteiger partial charge in [0.15, 0.2) is 5.78 Å². The predicted octanol–water partition coefficient (Wildman–Crippen LogP) is 6.45. The van der Waals surface area contributed by atoms with Crippen molar-refractivity contribution in [3.05, 3.63) is 71.3 Å². The van der Waals surface area contributed by atoms with Gasteiger partial charge in [-0.2, -0.15) is 0 Å². The fourth-order valence-electron chi connectivity index (χ4n) is 5.94. The highest BCUT2D eigenvalue weighted by Gasteiger charge is 2.72. The zero-order valence-corrected chi connectivity index (χ0v) is 23.6. The van der Waals surface area contributed by atoms with Crippen molar-refractivity contribution in [2.24, 2.45) is 0 Å². The zero-order valence-electron chi connectivity index (χ0n) is 23.6. The Morgan fingerprint density at radius 2 is 1.19 bits per heavy atom. The van der Waals surface area contributed by atoms with Gasteiger partial charge < -0.3 is 18.6 Å². The Kier molecular flexibility index (Phi) is 6.35. The lowest BCUT2D eigenvalue weighted by molar-refractivity contribution is 0.00578. The van der Waals surface area contributed by atoms with Crippen molar-refractivity contribution in [2.75, 3.05) is 0 Å². The van der Waals surface area contributed by atoms with E-state index in [0.29, 0.717) is 12.0 Å². The van der Waals surface area contributed by atoms with Crippen molar-refractivity contribution in [1.29, 1.82) is 0 Å². The molecule has 0 saturated carbocycles. The van der Waals surface area contributed by atoms with Gasteiger partial charge in [0.1, 0.15) is 0 Å². The molecule has 1 atom stereocenters. The number of aryl methyl sites for hydroxylation is 1. The molecule has 7 heteroatoms. The number of ketones is 1. The lowest BCUT2D eigenvalue weighted by Gasteiger charge is -2.46. The molecule has 1 aliphatic carbocycles. The molecule has 2 aromatic carbocycles. The standard InChI is InChI=1S/C30H40B2O5/c1-26(2)27(3,4)35-31(34-26)30(32-36-28(5,6)29(7,8)37-32)19-18-21-14-12-13-17-23(21)24(30)20-25(33)22-15-10-9-11-16-22/h9-17,24H,18-20H2,1-8H3. The maximum Gasteiger partial charge on any atom is 0.462 e. The predicted molar refractivity (Wildman–Crippen MR) is 148 cm³/mol. The first kappa shape index (κ1) is 26.7. The maximum atomic E-state index is 13.8.